The van der Waals surface area contributed by atoms with E-state index in [1.54, 1.807) is 6.92 Å². The summed E-state index contributed by atoms with van der Waals surface area (Å²) in [7, 11) is 6.09. The second-order valence-corrected chi connectivity index (χ2v) is 8.41. The molecular weight excluding hydrogens is 374 g/mol. The van der Waals surface area contributed by atoms with Gasteiger partial charge in [0.15, 0.2) is 5.82 Å². The van der Waals surface area contributed by atoms with E-state index < -0.39 is 0 Å². The van der Waals surface area contributed by atoms with E-state index in [1.807, 2.05) is 36.0 Å². The van der Waals surface area contributed by atoms with Gasteiger partial charge in [0.2, 0.25) is 5.91 Å². The van der Waals surface area contributed by atoms with Gasteiger partial charge in [-0.3, -0.25) is 9.69 Å². The number of aromatic nitrogens is 2. The summed E-state index contributed by atoms with van der Waals surface area (Å²) in [5, 5.41) is 0. The van der Waals surface area contributed by atoms with Crippen LogP contribution in [0.5, 0.6) is 0 Å². The van der Waals surface area contributed by atoms with Gasteiger partial charge in [0.1, 0.15) is 5.82 Å². The number of likely N-dealkylation sites (tertiary alicyclic amines) is 1. The molecule has 30 heavy (non-hydrogen) atoms. The van der Waals surface area contributed by atoms with Crippen LogP contribution in [0, 0.1) is 0 Å². The van der Waals surface area contributed by atoms with Gasteiger partial charge in [-0.05, 0) is 32.4 Å². The lowest BCUT2D eigenvalue weighted by Gasteiger charge is -2.24. The lowest BCUT2D eigenvalue weighted by atomic mass is 10.1. The van der Waals surface area contributed by atoms with Gasteiger partial charge in [-0.25, -0.2) is 9.97 Å². The number of hydrogen-bond acceptors (Lipinski definition) is 5. The van der Waals surface area contributed by atoms with Crippen LogP contribution >= 0.6 is 0 Å². The molecule has 1 aromatic carbocycles. The highest BCUT2D eigenvalue weighted by atomic mass is 16.2. The van der Waals surface area contributed by atoms with Crippen molar-refractivity contribution >= 4 is 17.8 Å². The molecule has 1 aliphatic rings. The average Bonchev–Trinajstić information content (AvgIpc) is 3.18. The second kappa shape index (κ2) is 9.85. The smallest absolute Gasteiger partial charge is 0.220 e. The molecule has 0 N–H and O–H groups in total. The van der Waals surface area contributed by atoms with Crippen molar-refractivity contribution in [1.82, 2.24) is 19.8 Å². The maximum Gasteiger partial charge on any atom is 0.220 e. The number of benzene rings is 1. The molecule has 1 aliphatic heterocycles. The Kier molecular flexibility index (Phi) is 7.21. The number of amides is 1. The fourth-order valence-corrected chi connectivity index (χ4v) is 4.01. The van der Waals surface area contributed by atoms with Crippen LogP contribution in [-0.4, -0.2) is 59.9 Å². The highest BCUT2D eigenvalue weighted by molar-refractivity contribution is 5.74. The standard InChI is InChI=1S/C24H33N5O/c1-18(14-20-10-7-6-8-11-20)16-28(5)17-21-15-23(27(3)4)26-24(25-21)22-12-9-13-29(22)19(2)30/h6-8,10-11,14-15,22H,9,12-13,16-17H2,1-5H3/b18-14+/t22-/m1/s1. The molecule has 2 heterocycles. The zero-order chi connectivity index (χ0) is 21.7. The summed E-state index contributed by atoms with van der Waals surface area (Å²) in [6.07, 6.45) is 4.14. The Morgan fingerprint density at radius 2 is 1.90 bits per heavy atom. The molecule has 1 saturated heterocycles. The third-order valence-corrected chi connectivity index (χ3v) is 5.36. The van der Waals surface area contributed by atoms with Crippen LogP contribution in [0.15, 0.2) is 42.0 Å². The lowest BCUT2D eigenvalue weighted by molar-refractivity contribution is -0.129. The van der Waals surface area contributed by atoms with E-state index >= 15 is 0 Å². The number of anilines is 1. The molecule has 0 saturated carbocycles. The zero-order valence-corrected chi connectivity index (χ0v) is 18.8. The highest BCUT2D eigenvalue weighted by Gasteiger charge is 2.30. The van der Waals surface area contributed by atoms with Crippen LogP contribution < -0.4 is 4.90 Å². The van der Waals surface area contributed by atoms with Crippen molar-refractivity contribution in [2.45, 2.75) is 39.3 Å². The van der Waals surface area contributed by atoms with Gasteiger partial charge in [-0.15, -0.1) is 0 Å². The number of hydrogen-bond donors (Lipinski definition) is 0. The Morgan fingerprint density at radius 1 is 1.17 bits per heavy atom. The summed E-state index contributed by atoms with van der Waals surface area (Å²) in [5.74, 6) is 1.74. The van der Waals surface area contributed by atoms with E-state index in [4.69, 9.17) is 9.97 Å². The molecule has 6 nitrogen and oxygen atoms in total. The number of rotatable bonds is 7. The van der Waals surface area contributed by atoms with Gasteiger partial charge in [0, 0.05) is 46.7 Å². The van der Waals surface area contributed by atoms with Crippen LogP contribution in [0.2, 0.25) is 0 Å². The lowest BCUT2D eigenvalue weighted by Crippen LogP contribution is -2.30. The van der Waals surface area contributed by atoms with E-state index in [1.165, 1.54) is 11.1 Å². The van der Waals surface area contributed by atoms with Crippen molar-refractivity contribution in [2.24, 2.45) is 0 Å². The molecule has 0 radical (unpaired) electrons. The maximum absolute atomic E-state index is 12.0. The molecule has 6 heteroatoms. The Hall–Kier alpha value is -2.73. The topological polar surface area (TPSA) is 52.6 Å². The number of carbonyl (C=O) groups is 1. The van der Waals surface area contributed by atoms with Gasteiger partial charge in [-0.2, -0.15) is 0 Å². The quantitative estimate of drug-likeness (QED) is 0.699. The first-order valence-corrected chi connectivity index (χ1v) is 10.6. The molecule has 160 valence electrons. The molecule has 0 spiro atoms. The van der Waals surface area contributed by atoms with Crippen molar-refractivity contribution in [1.29, 1.82) is 0 Å². The average molecular weight is 408 g/mol. The van der Waals surface area contributed by atoms with Gasteiger partial charge in [0.05, 0.1) is 11.7 Å². The Morgan fingerprint density at radius 3 is 2.57 bits per heavy atom. The highest BCUT2D eigenvalue weighted by Crippen LogP contribution is 2.31. The van der Waals surface area contributed by atoms with Crippen molar-refractivity contribution in [2.75, 3.05) is 39.1 Å². The van der Waals surface area contributed by atoms with E-state index in [-0.39, 0.29) is 11.9 Å². The van der Waals surface area contributed by atoms with Crippen LogP contribution in [-0.2, 0) is 11.3 Å². The van der Waals surface area contributed by atoms with Gasteiger partial charge in [0.25, 0.3) is 0 Å². The minimum Gasteiger partial charge on any atom is -0.363 e. The third kappa shape index (κ3) is 5.66. The minimum absolute atomic E-state index is 0.0221. The molecule has 1 fully saturated rings. The fraction of sp³-hybridized carbons (Fsp3) is 0.458. The molecule has 1 aromatic heterocycles. The van der Waals surface area contributed by atoms with Crippen LogP contribution in [0.25, 0.3) is 6.08 Å². The van der Waals surface area contributed by atoms with Gasteiger partial charge < -0.3 is 9.80 Å². The summed E-state index contributed by atoms with van der Waals surface area (Å²) in [6.45, 7) is 6.15. The van der Waals surface area contributed by atoms with Crippen LogP contribution in [0.4, 0.5) is 5.82 Å². The molecule has 2 aromatic rings. The van der Waals surface area contributed by atoms with Gasteiger partial charge in [-0.1, -0.05) is 42.0 Å². The van der Waals surface area contributed by atoms with E-state index in [2.05, 4.69) is 49.2 Å². The normalized spacial score (nSPS) is 16.9. The first kappa shape index (κ1) is 22.0. The van der Waals surface area contributed by atoms with Crippen molar-refractivity contribution < 1.29 is 4.79 Å². The molecular formula is C24H33N5O. The summed E-state index contributed by atoms with van der Waals surface area (Å²) < 4.78 is 0. The first-order chi connectivity index (χ1) is 14.3. The van der Waals surface area contributed by atoms with E-state index in [0.29, 0.717) is 0 Å². The fourth-order valence-electron chi connectivity index (χ4n) is 4.01. The van der Waals surface area contributed by atoms with Crippen LogP contribution in [0.1, 0.15) is 49.8 Å². The summed E-state index contributed by atoms with van der Waals surface area (Å²) in [5.41, 5.74) is 3.49. The Labute approximate surface area is 180 Å². The number of carbonyl (C=O) groups excluding carboxylic acids is 1. The summed E-state index contributed by atoms with van der Waals surface area (Å²) in [6, 6.07) is 12.4. The molecule has 3 rings (SSSR count). The SMILES string of the molecule is CC(=O)N1CCC[C@@H]1c1nc(CN(C)C/C(C)=C/c2ccccc2)cc(N(C)C)n1. The summed E-state index contributed by atoms with van der Waals surface area (Å²) in [4.78, 5) is 27.8. The predicted octanol–water partition coefficient (Wildman–Crippen LogP) is 3.76. The minimum atomic E-state index is -0.0221. The number of likely N-dealkylation sites (N-methyl/N-ethyl adjacent to an activating group) is 1. The molecule has 1 amide bonds. The second-order valence-electron chi connectivity index (χ2n) is 8.41. The molecule has 0 aliphatic carbocycles. The predicted molar refractivity (Wildman–Crippen MR) is 122 cm³/mol. The third-order valence-electron chi connectivity index (χ3n) is 5.36. The monoisotopic (exact) mass is 407 g/mol. The Balaban J connectivity index is 1.77. The maximum atomic E-state index is 12.0. The summed E-state index contributed by atoms with van der Waals surface area (Å²) >= 11 is 0. The number of nitrogens with zero attached hydrogens (tertiary/aromatic N) is 5. The van der Waals surface area contributed by atoms with E-state index in [9.17, 15) is 4.79 Å². The molecule has 1 atom stereocenters. The van der Waals surface area contributed by atoms with Crippen LogP contribution in [0.3, 0.4) is 0 Å². The van der Waals surface area contributed by atoms with Crippen molar-refractivity contribution in [3.05, 3.63) is 59.1 Å². The first-order valence-electron chi connectivity index (χ1n) is 10.6. The zero-order valence-electron chi connectivity index (χ0n) is 18.8. The Bertz CT molecular complexity index is 894. The van der Waals surface area contributed by atoms with Gasteiger partial charge >= 0.3 is 0 Å². The molecule has 0 unspecified atom stereocenters. The molecule has 0 bridgehead atoms. The van der Waals surface area contributed by atoms with E-state index in [0.717, 1.165) is 49.8 Å². The van der Waals surface area contributed by atoms with Crippen molar-refractivity contribution in [3.63, 3.8) is 0 Å². The largest absolute Gasteiger partial charge is 0.363 e. The van der Waals surface area contributed by atoms with Crippen molar-refractivity contribution in [3.8, 4) is 0 Å².